The number of nitrogens with two attached hydrogens (primary N) is 1. The zero-order valence-electron chi connectivity index (χ0n) is 10.9. The molecule has 3 N–H and O–H groups in total. The Morgan fingerprint density at radius 3 is 2.63 bits per heavy atom. The molecule has 0 aliphatic rings. The molecular weight excluding hydrogens is 246 g/mol. The van der Waals surface area contributed by atoms with Crippen molar-refractivity contribution >= 4 is 11.9 Å². The lowest BCUT2D eigenvalue weighted by atomic mass is 9.94. The number of rotatable bonds is 5. The molecule has 0 spiro atoms. The first-order valence-electron chi connectivity index (χ1n) is 5.77. The molecule has 19 heavy (non-hydrogen) atoms. The van der Waals surface area contributed by atoms with Crippen molar-refractivity contribution in [2.45, 2.75) is 19.4 Å². The minimum atomic E-state index is -0.922. The molecule has 0 amide bonds. The van der Waals surface area contributed by atoms with E-state index in [1.54, 1.807) is 31.2 Å². The van der Waals surface area contributed by atoms with E-state index in [1.165, 1.54) is 13.2 Å². The van der Waals surface area contributed by atoms with Crippen LogP contribution in [0.1, 0.15) is 24.1 Å². The zero-order chi connectivity index (χ0) is 14.4. The third-order valence-electron chi connectivity index (χ3n) is 2.77. The maximum absolute atomic E-state index is 11.2. The summed E-state index contributed by atoms with van der Waals surface area (Å²) < 4.78 is 4.54. The Hall–Kier alpha value is -2.14. The number of carbonyl (C=O) groups is 2. The molecule has 1 rings (SSSR count). The van der Waals surface area contributed by atoms with Gasteiger partial charge in [0, 0.05) is 6.08 Å². The molecule has 0 saturated carbocycles. The molecule has 0 bridgehead atoms. The van der Waals surface area contributed by atoms with Gasteiger partial charge in [-0.05, 0) is 23.6 Å². The number of esters is 1. The molecule has 0 heterocycles. The first kappa shape index (κ1) is 14.9. The van der Waals surface area contributed by atoms with E-state index in [0.717, 1.165) is 0 Å². The number of carbonyl (C=O) groups excluding carboxylic acids is 1. The van der Waals surface area contributed by atoms with Gasteiger partial charge in [-0.1, -0.05) is 24.3 Å². The van der Waals surface area contributed by atoms with E-state index < -0.39 is 18.0 Å². The van der Waals surface area contributed by atoms with Gasteiger partial charge in [0.05, 0.1) is 19.6 Å². The van der Waals surface area contributed by atoms with Crippen molar-refractivity contribution in [3.63, 3.8) is 0 Å². The highest BCUT2D eigenvalue weighted by molar-refractivity contribution is 5.82. The van der Waals surface area contributed by atoms with Crippen molar-refractivity contribution in [1.29, 1.82) is 0 Å². The number of benzene rings is 1. The summed E-state index contributed by atoms with van der Waals surface area (Å²) in [6, 6.07) is 6.49. The number of aliphatic carboxylic acids is 1. The van der Waals surface area contributed by atoms with Crippen molar-refractivity contribution in [2.75, 3.05) is 7.11 Å². The summed E-state index contributed by atoms with van der Waals surface area (Å²) >= 11 is 0. The van der Waals surface area contributed by atoms with E-state index in [-0.39, 0.29) is 6.42 Å². The Morgan fingerprint density at radius 2 is 2.05 bits per heavy atom. The van der Waals surface area contributed by atoms with E-state index in [2.05, 4.69) is 4.74 Å². The molecule has 1 aromatic rings. The molecule has 0 radical (unpaired) electrons. The lowest BCUT2D eigenvalue weighted by Gasteiger charge is -2.16. The maximum Gasteiger partial charge on any atom is 0.330 e. The summed E-state index contributed by atoms with van der Waals surface area (Å²) in [6.07, 6.45) is 1.21. The zero-order valence-corrected chi connectivity index (χ0v) is 10.9. The average Bonchev–Trinajstić information content (AvgIpc) is 2.37. The maximum atomic E-state index is 11.2. The van der Waals surface area contributed by atoms with Gasteiger partial charge in [0.2, 0.25) is 0 Å². The second-order valence-electron chi connectivity index (χ2n) is 4.16. The van der Waals surface area contributed by atoms with Crippen LogP contribution < -0.4 is 5.73 Å². The van der Waals surface area contributed by atoms with Gasteiger partial charge in [-0.2, -0.15) is 0 Å². The van der Waals surface area contributed by atoms with Gasteiger partial charge in [-0.15, -0.1) is 0 Å². The molecule has 0 fully saturated rings. The highest BCUT2D eigenvalue weighted by atomic mass is 16.5. The Kier molecular flexibility index (Phi) is 5.26. The second-order valence-corrected chi connectivity index (χ2v) is 4.16. The average molecular weight is 263 g/mol. The monoisotopic (exact) mass is 263 g/mol. The van der Waals surface area contributed by atoms with E-state index in [9.17, 15) is 9.59 Å². The van der Waals surface area contributed by atoms with Gasteiger partial charge >= 0.3 is 11.9 Å². The minimum absolute atomic E-state index is 0.102. The van der Waals surface area contributed by atoms with Crippen LogP contribution in [0.25, 0.3) is 0 Å². The molecule has 5 heteroatoms. The molecule has 1 atom stereocenters. The van der Waals surface area contributed by atoms with Crippen LogP contribution in [0.5, 0.6) is 0 Å². The van der Waals surface area contributed by atoms with Crippen molar-refractivity contribution in [2.24, 2.45) is 5.73 Å². The van der Waals surface area contributed by atoms with Gasteiger partial charge in [0.15, 0.2) is 0 Å². The highest BCUT2D eigenvalue weighted by Gasteiger charge is 2.15. The van der Waals surface area contributed by atoms with Crippen molar-refractivity contribution < 1.29 is 19.4 Å². The molecule has 0 aromatic heterocycles. The predicted molar refractivity (Wildman–Crippen MR) is 70.5 cm³/mol. The number of hydrogen-bond acceptors (Lipinski definition) is 4. The molecule has 0 aliphatic heterocycles. The van der Waals surface area contributed by atoms with Gasteiger partial charge in [-0.3, -0.25) is 4.79 Å². The van der Waals surface area contributed by atoms with Gasteiger partial charge in [0.1, 0.15) is 0 Å². The standard InChI is InChI=1S/C14H17NO4/c1-9(7-13(18)19-2)14(15)11-6-4-3-5-10(11)8-12(16)17/h3-7,14H,8,15H2,1-2H3,(H,16,17)/b9-7+. The Bertz CT molecular complexity index is 508. The van der Waals surface area contributed by atoms with Crippen LogP contribution >= 0.6 is 0 Å². The fraction of sp³-hybridized carbons (Fsp3) is 0.286. The number of carboxylic acids is 1. The summed E-state index contributed by atoms with van der Waals surface area (Å²) in [6.45, 7) is 1.71. The largest absolute Gasteiger partial charge is 0.481 e. The van der Waals surface area contributed by atoms with Crippen LogP contribution in [0.2, 0.25) is 0 Å². The number of ether oxygens (including phenoxy) is 1. The lowest BCUT2D eigenvalue weighted by Crippen LogP contribution is -2.16. The third-order valence-corrected chi connectivity index (χ3v) is 2.77. The van der Waals surface area contributed by atoms with E-state index in [0.29, 0.717) is 16.7 Å². The Morgan fingerprint density at radius 1 is 1.42 bits per heavy atom. The van der Waals surface area contributed by atoms with Crippen LogP contribution in [0, 0.1) is 0 Å². The fourth-order valence-electron chi connectivity index (χ4n) is 1.74. The predicted octanol–water partition coefficient (Wildman–Crippen LogP) is 1.43. The molecule has 1 unspecified atom stereocenters. The molecular formula is C14H17NO4. The van der Waals surface area contributed by atoms with E-state index >= 15 is 0 Å². The van der Waals surface area contributed by atoms with Crippen LogP contribution in [0.15, 0.2) is 35.9 Å². The molecule has 0 aliphatic carbocycles. The van der Waals surface area contributed by atoms with E-state index in [1.807, 2.05) is 0 Å². The summed E-state index contributed by atoms with van der Waals surface area (Å²) in [7, 11) is 1.29. The Balaban J connectivity index is 3.05. The van der Waals surface area contributed by atoms with Gasteiger partial charge in [0.25, 0.3) is 0 Å². The van der Waals surface area contributed by atoms with E-state index in [4.69, 9.17) is 10.8 Å². The normalized spacial score (nSPS) is 12.9. The minimum Gasteiger partial charge on any atom is -0.481 e. The summed E-state index contributed by atoms with van der Waals surface area (Å²) in [5.74, 6) is -1.40. The number of methoxy groups -OCH3 is 1. The molecule has 1 aromatic carbocycles. The first-order chi connectivity index (χ1) is 8.95. The SMILES string of the molecule is COC(=O)/C=C(\C)C(N)c1ccccc1CC(=O)O. The number of carboxylic acid groups (broad SMARTS) is 1. The summed E-state index contributed by atoms with van der Waals surface area (Å²) in [5, 5.41) is 8.87. The molecule has 0 saturated heterocycles. The van der Waals surface area contributed by atoms with Crippen LogP contribution in [0.3, 0.4) is 0 Å². The molecule has 5 nitrogen and oxygen atoms in total. The smallest absolute Gasteiger partial charge is 0.330 e. The fourth-order valence-corrected chi connectivity index (χ4v) is 1.74. The van der Waals surface area contributed by atoms with Crippen LogP contribution in [-0.2, 0) is 20.7 Å². The lowest BCUT2D eigenvalue weighted by molar-refractivity contribution is -0.136. The highest BCUT2D eigenvalue weighted by Crippen LogP contribution is 2.22. The van der Waals surface area contributed by atoms with Gasteiger partial charge in [-0.25, -0.2) is 4.79 Å². The summed E-state index contributed by atoms with van der Waals surface area (Å²) in [5.41, 5.74) is 8.00. The van der Waals surface area contributed by atoms with Crippen molar-refractivity contribution in [3.8, 4) is 0 Å². The Labute approximate surface area is 111 Å². The quantitative estimate of drug-likeness (QED) is 0.619. The molecule has 102 valence electrons. The second kappa shape index (κ2) is 6.70. The van der Waals surface area contributed by atoms with Crippen molar-refractivity contribution in [1.82, 2.24) is 0 Å². The number of hydrogen-bond donors (Lipinski definition) is 2. The topological polar surface area (TPSA) is 89.6 Å². The van der Waals surface area contributed by atoms with Crippen LogP contribution in [0.4, 0.5) is 0 Å². The van der Waals surface area contributed by atoms with Crippen molar-refractivity contribution in [3.05, 3.63) is 47.0 Å². The van der Waals surface area contributed by atoms with Crippen LogP contribution in [-0.4, -0.2) is 24.2 Å². The first-order valence-corrected chi connectivity index (χ1v) is 5.77. The van der Waals surface area contributed by atoms with Gasteiger partial charge < -0.3 is 15.6 Å². The third kappa shape index (κ3) is 4.22. The summed E-state index contributed by atoms with van der Waals surface area (Å²) in [4.78, 5) is 22.0.